The first-order chi connectivity index (χ1) is 16.8. The Bertz CT molecular complexity index is 1140. The van der Waals surface area contributed by atoms with Crippen molar-refractivity contribution >= 4 is 29.6 Å². The highest BCUT2D eigenvalue weighted by atomic mass is 19.1. The summed E-state index contributed by atoms with van der Waals surface area (Å²) < 4.78 is 24.6. The average Bonchev–Trinajstić information content (AvgIpc) is 2.78. The van der Waals surface area contributed by atoms with Crippen LogP contribution in [0.4, 0.5) is 15.1 Å². The highest BCUT2D eigenvalue weighted by Crippen LogP contribution is 2.26. The molecule has 2 aliphatic heterocycles. The van der Waals surface area contributed by atoms with Crippen molar-refractivity contribution in [1.82, 2.24) is 14.9 Å². The van der Waals surface area contributed by atoms with Crippen LogP contribution < -0.4 is 10.6 Å². The summed E-state index contributed by atoms with van der Waals surface area (Å²) in [5.41, 5.74) is 6.93. The number of hydrogen-bond acceptors (Lipinski definition) is 10. The van der Waals surface area contributed by atoms with Gasteiger partial charge in [0.2, 0.25) is 5.95 Å². The number of carbonyl (C=O) groups excluding carboxylic acids is 2. The lowest BCUT2D eigenvalue weighted by molar-refractivity contribution is -0.143. The second kappa shape index (κ2) is 10.3. The normalized spacial score (nSPS) is 15.1. The summed E-state index contributed by atoms with van der Waals surface area (Å²) in [4.78, 5) is 40.4. The third-order valence-electron chi connectivity index (χ3n) is 5.39. The van der Waals surface area contributed by atoms with E-state index in [0.29, 0.717) is 37.7 Å². The molecule has 0 radical (unpaired) electrons. The number of nitrogens with zero attached hydrogens (tertiary/aromatic N) is 5. The summed E-state index contributed by atoms with van der Waals surface area (Å²) in [7, 11) is 1.33. The Morgan fingerprint density at radius 3 is 2.63 bits per heavy atom. The van der Waals surface area contributed by atoms with Gasteiger partial charge in [0.15, 0.2) is 6.10 Å². The molecular formula is C22H24FN7O5. The molecule has 2 aliphatic rings. The van der Waals surface area contributed by atoms with Gasteiger partial charge in [-0.05, 0) is 0 Å². The van der Waals surface area contributed by atoms with Crippen molar-refractivity contribution in [2.24, 2.45) is 10.9 Å². The number of oxime groups is 1. The minimum atomic E-state index is -0.700. The molecule has 35 heavy (non-hydrogen) atoms. The number of hydrogen-bond donors (Lipinski definition) is 2. The predicted molar refractivity (Wildman–Crippen MR) is 122 cm³/mol. The van der Waals surface area contributed by atoms with Gasteiger partial charge in [0.25, 0.3) is 0 Å². The van der Waals surface area contributed by atoms with E-state index in [1.165, 1.54) is 30.5 Å². The molecule has 1 aromatic heterocycles. The third-order valence-corrected chi connectivity index (χ3v) is 5.39. The van der Waals surface area contributed by atoms with Gasteiger partial charge in [-0.15, -0.1) is 0 Å². The molecule has 3 heterocycles. The number of nitrogens with one attached hydrogen (secondary N) is 1. The maximum Gasteiger partial charge on any atom is 0.409 e. The number of amides is 1. The number of ether oxygens (including phenoxy) is 2. The third kappa shape index (κ3) is 5.62. The van der Waals surface area contributed by atoms with Gasteiger partial charge in [-0.1, -0.05) is 23.4 Å². The molecule has 0 unspecified atom stereocenters. The summed E-state index contributed by atoms with van der Waals surface area (Å²) in [6.07, 6.45) is 2.17. The second-order valence-electron chi connectivity index (χ2n) is 8.03. The molecule has 1 aromatic carbocycles. The Kier molecular flexibility index (Phi) is 7.03. The molecule has 1 amide bonds. The monoisotopic (exact) mass is 485 g/mol. The van der Waals surface area contributed by atoms with Crippen molar-refractivity contribution in [1.29, 1.82) is 5.41 Å². The number of halogens is 1. The molecule has 0 bridgehead atoms. The maximum atomic E-state index is 14.9. The minimum Gasteiger partial charge on any atom is -0.460 e. The Labute approximate surface area is 200 Å². The number of anilines is 1. The fraction of sp³-hybridized carbons (Fsp3) is 0.364. The van der Waals surface area contributed by atoms with E-state index in [1.807, 2.05) is 4.90 Å². The van der Waals surface area contributed by atoms with Gasteiger partial charge in [-0.2, -0.15) is 0 Å². The lowest BCUT2D eigenvalue weighted by atomic mass is 10.1. The number of nitrogens with two attached hydrogens (primary N) is 1. The number of methoxy groups -OCH3 is 1. The Morgan fingerprint density at radius 1 is 1.26 bits per heavy atom. The number of esters is 1. The molecule has 0 spiro atoms. The van der Waals surface area contributed by atoms with Crippen LogP contribution in [0.1, 0.15) is 12.0 Å². The SMILES string of the molecule is COC(=O)N1CC(ON=C2CN(c3ncc(-c4cccc(COC(=O)CC(=N)N)c4F)cn3)C2)C1. The molecule has 13 heteroatoms. The van der Waals surface area contributed by atoms with Crippen LogP contribution in [0.5, 0.6) is 0 Å². The topological polar surface area (TPSA) is 156 Å². The van der Waals surface area contributed by atoms with Gasteiger partial charge in [0, 0.05) is 29.1 Å². The van der Waals surface area contributed by atoms with Crippen LogP contribution in [0.25, 0.3) is 11.1 Å². The fourth-order valence-electron chi connectivity index (χ4n) is 3.43. The van der Waals surface area contributed by atoms with E-state index in [4.69, 9.17) is 20.7 Å². The highest BCUT2D eigenvalue weighted by Gasteiger charge is 2.34. The van der Waals surface area contributed by atoms with E-state index >= 15 is 0 Å². The summed E-state index contributed by atoms with van der Waals surface area (Å²) >= 11 is 0. The van der Waals surface area contributed by atoms with Crippen LogP contribution >= 0.6 is 0 Å². The molecule has 0 atom stereocenters. The standard InChI is InChI=1S/C22H24FN7O5/c1-33-22(32)30-10-16(11-30)35-28-15-8-29(9-15)21-26-6-14(7-27-21)17-4-2-3-13(20(17)23)12-34-19(31)5-18(24)25/h2-4,6-7,16H,5,8-12H2,1H3,(H3,24,25). The number of aromatic nitrogens is 2. The molecule has 3 N–H and O–H groups in total. The Morgan fingerprint density at radius 2 is 1.97 bits per heavy atom. The Balaban J connectivity index is 1.29. The van der Waals surface area contributed by atoms with Crippen LogP contribution in [0.3, 0.4) is 0 Å². The fourth-order valence-corrected chi connectivity index (χ4v) is 3.43. The van der Waals surface area contributed by atoms with Gasteiger partial charge in [-0.25, -0.2) is 19.2 Å². The van der Waals surface area contributed by atoms with Crippen molar-refractivity contribution in [2.75, 3.05) is 38.2 Å². The molecule has 4 rings (SSSR count). The average molecular weight is 485 g/mol. The first kappa shape index (κ1) is 23.9. The van der Waals surface area contributed by atoms with E-state index < -0.39 is 11.8 Å². The van der Waals surface area contributed by atoms with E-state index in [0.717, 1.165) is 5.71 Å². The molecule has 2 saturated heterocycles. The van der Waals surface area contributed by atoms with Crippen molar-refractivity contribution in [3.05, 3.63) is 42.0 Å². The number of benzene rings is 1. The van der Waals surface area contributed by atoms with E-state index in [1.54, 1.807) is 12.1 Å². The maximum absolute atomic E-state index is 14.9. The number of amidine groups is 1. The van der Waals surface area contributed by atoms with E-state index in [9.17, 15) is 14.0 Å². The summed E-state index contributed by atoms with van der Waals surface area (Å²) in [6, 6.07) is 4.74. The first-order valence-electron chi connectivity index (χ1n) is 10.7. The van der Waals surface area contributed by atoms with Crippen LogP contribution in [-0.4, -0.2) is 77.9 Å². The quantitative estimate of drug-likeness (QED) is 0.243. The first-order valence-corrected chi connectivity index (χ1v) is 10.7. The largest absolute Gasteiger partial charge is 0.460 e. The van der Waals surface area contributed by atoms with Gasteiger partial charge in [0.05, 0.1) is 39.0 Å². The van der Waals surface area contributed by atoms with E-state index in [2.05, 4.69) is 19.9 Å². The van der Waals surface area contributed by atoms with E-state index in [-0.39, 0.29) is 42.2 Å². The lowest BCUT2D eigenvalue weighted by Gasteiger charge is -2.37. The number of carbonyl (C=O) groups is 2. The van der Waals surface area contributed by atoms with Crippen molar-refractivity contribution in [3.8, 4) is 11.1 Å². The Hall–Kier alpha value is -4.29. The second-order valence-corrected chi connectivity index (χ2v) is 8.03. The number of rotatable bonds is 8. The van der Waals surface area contributed by atoms with Crippen molar-refractivity contribution in [3.63, 3.8) is 0 Å². The summed E-state index contributed by atoms with van der Waals surface area (Å²) in [5.74, 6) is -1.09. The summed E-state index contributed by atoms with van der Waals surface area (Å²) in [6.45, 7) is 1.61. The van der Waals surface area contributed by atoms with Crippen LogP contribution in [0.2, 0.25) is 0 Å². The zero-order valence-corrected chi connectivity index (χ0v) is 18.9. The molecule has 2 aromatic rings. The molecular weight excluding hydrogens is 461 g/mol. The minimum absolute atomic E-state index is 0.144. The molecule has 0 saturated carbocycles. The van der Waals surface area contributed by atoms with Gasteiger partial charge < -0.3 is 29.8 Å². The zero-order chi connectivity index (χ0) is 24.9. The predicted octanol–water partition coefficient (Wildman–Crippen LogP) is 1.30. The van der Waals surface area contributed by atoms with Gasteiger partial charge >= 0.3 is 12.1 Å². The molecule has 2 fully saturated rings. The van der Waals surface area contributed by atoms with Gasteiger partial charge in [-0.3, -0.25) is 10.2 Å². The highest BCUT2D eigenvalue weighted by molar-refractivity contribution is 5.98. The van der Waals surface area contributed by atoms with Crippen LogP contribution in [0, 0.1) is 11.2 Å². The van der Waals surface area contributed by atoms with Gasteiger partial charge in [0.1, 0.15) is 24.7 Å². The zero-order valence-electron chi connectivity index (χ0n) is 18.9. The smallest absolute Gasteiger partial charge is 0.409 e. The number of likely N-dealkylation sites (tertiary alicyclic amines) is 1. The molecule has 12 nitrogen and oxygen atoms in total. The van der Waals surface area contributed by atoms with Crippen molar-refractivity contribution in [2.45, 2.75) is 19.1 Å². The van der Waals surface area contributed by atoms with Crippen LogP contribution in [0.15, 0.2) is 35.7 Å². The van der Waals surface area contributed by atoms with Crippen LogP contribution in [-0.2, 0) is 25.7 Å². The molecule has 184 valence electrons. The van der Waals surface area contributed by atoms with Crippen molar-refractivity contribution < 1.29 is 28.3 Å². The lowest BCUT2D eigenvalue weighted by Crippen LogP contribution is -2.55. The molecule has 0 aliphatic carbocycles. The summed E-state index contributed by atoms with van der Waals surface area (Å²) in [5, 5.41) is 11.2.